The zero-order chi connectivity index (χ0) is 27.8. The number of nitrogens with one attached hydrogen (secondary N) is 2. The molecule has 1 atom stereocenters. The normalized spacial score (nSPS) is 18.7. The number of anilines is 1. The lowest BCUT2D eigenvalue weighted by Crippen LogP contribution is -2.49. The van der Waals surface area contributed by atoms with Crippen molar-refractivity contribution in [3.8, 4) is 0 Å². The third kappa shape index (κ3) is 5.98. The maximum Gasteiger partial charge on any atom is 0.511 e. The van der Waals surface area contributed by atoms with E-state index in [9.17, 15) is 21.6 Å². The molecular weight excluding hydrogens is 570 g/mol. The maximum absolute atomic E-state index is 13.0. The molecule has 206 valence electrons. The van der Waals surface area contributed by atoms with Gasteiger partial charge in [-0.3, -0.25) is 0 Å². The van der Waals surface area contributed by atoms with Crippen LogP contribution in [0, 0.1) is 0 Å². The number of sulfonamides is 1. The van der Waals surface area contributed by atoms with E-state index in [1.54, 1.807) is 0 Å². The van der Waals surface area contributed by atoms with E-state index in [0.29, 0.717) is 14.4 Å². The van der Waals surface area contributed by atoms with Crippen LogP contribution >= 0.6 is 23.2 Å². The lowest BCUT2D eigenvalue weighted by atomic mass is 9.83. The molecule has 3 aromatic rings. The second-order valence-corrected chi connectivity index (χ2v) is 12.5. The van der Waals surface area contributed by atoms with Crippen molar-refractivity contribution in [2.24, 2.45) is 0 Å². The molecule has 0 saturated carbocycles. The van der Waals surface area contributed by atoms with Crippen molar-refractivity contribution in [1.29, 1.82) is 0 Å². The number of benzene rings is 3. The summed E-state index contributed by atoms with van der Waals surface area (Å²) in [5.74, 6) is -0.0906. The Bertz CT molecular complexity index is 1410. The molecule has 1 saturated heterocycles. The molecule has 2 aliphatic rings. The maximum atomic E-state index is 13.0. The van der Waals surface area contributed by atoms with Gasteiger partial charge < -0.3 is 10.6 Å². The van der Waals surface area contributed by atoms with Crippen LogP contribution in [-0.2, 0) is 10.0 Å². The quantitative estimate of drug-likeness (QED) is 0.299. The molecule has 2 N–H and O–H groups in total. The van der Waals surface area contributed by atoms with Crippen molar-refractivity contribution in [1.82, 2.24) is 9.62 Å². The van der Waals surface area contributed by atoms with Crippen LogP contribution in [0.25, 0.3) is 0 Å². The average molecular weight is 597 g/mol. The van der Waals surface area contributed by atoms with E-state index in [4.69, 9.17) is 23.2 Å². The van der Waals surface area contributed by atoms with Gasteiger partial charge in [-0.05, 0) is 77.7 Å². The minimum Gasteiger partial charge on any atom is -0.362 e. The molecule has 1 unspecified atom stereocenters. The Morgan fingerprint density at radius 2 is 1.41 bits per heavy atom. The molecule has 2 aliphatic heterocycles. The Hall–Kier alpha value is -2.56. The van der Waals surface area contributed by atoms with Crippen molar-refractivity contribution in [2.45, 2.75) is 36.4 Å². The fourth-order valence-corrected chi connectivity index (χ4v) is 6.42. The highest BCUT2D eigenvalue weighted by Gasteiger charge is 2.50. The summed E-state index contributed by atoms with van der Waals surface area (Å²) in [6, 6.07) is 21.3. The lowest BCUT2D eigenvalue weighted by Gasteiger charge is -2.35. The summed E-state index contributed by atoms with van der Waals surface area (Å²) in [5.41, 5.74) is -0.207. The third-order valence-electron chi connectivity index (χ3n) is 7.18. The van der Waals surface area contributed by atoms with E-state index in [-0.39, 0.29) is 43.9 Å². The molecule has 0 bridgehead atoms. The Labute approximate surface area is 235 Å². The summed E-state index contributed by atoms with van der Waals surface area (Å²) in [5, 5.41) is 8.08. The summed E-state index contributed by atoms with van der Waals surface area (Å²) < 4.78 is 63.0. The highest BCUT2D eigenvalue weighted by Crippen LogP contribution is 2.38. The first-order valence-corrected chi connectivity index (χ1v) is 14.6. The van der Waals surface area contributed by atoms with Gasteiger partial charge in [0, 0.05) is 40.8 Å². The van der Waals surface area contributed by atoms with Gasteiger partial charge in [-0.2, -0.15) is 17.5 Å². The number of hydrogen-bond donors (Lipinski definition) is 2. The van der Waals surface area contributed by atoms with E-state index in [1.807, 2.05) is 66.9 Å². The highest BCUT2D eigenvalue weighted by molar-refractivity contribution is 7.90. The van der Waals surface area contributed by atoms with Gasteiger partial charge in [0.25, 0.3) is 0 Å². The van der Waals surface area contributed by atoms with Crippen molar-refractivity contribution in [3.63, 3.8) is 0 Å². The van der Waals surface area contributed by atoms with Gasteiger partial charge in [0.15, 0.2) is 0 Å². The van der Waals surface area contributed by atoms with Gasteiger partial charge in [-0.15, -0.1) is 0 Å². The number of fused-ring (bicyclic) bond motifs is 1. The van der Waals surface area contributed by atoms with Gasteiger partial charge in [-0.1, -0.05) is 59.6 Å². The SMILES string of the molecule is O=S(=O)(N1CCC(NC2C=CNc3ccc(C(c4ccc(Cl)cc4)c4ccc(Cl)cc4)cc32)CC1)C(F)(F)F. The predicted molar refractivity (Wildman–Crippen MR) is 149 cm³/mol. The van der Waals surface area contributed by atoms with Gasteiger partial charge >= 0.3 is 15.5 Å². The molecule has 3 aromatic carbocycles. The zero-order valence-electron chi connectivity index (χ0n) is 20.6. The van der Waals surface area contributed by atoms with E-state index >= 15 is 0 Å². The Morgan fingerprint density at radius 3 is 1.95 bits per heavy atom. The number of alkyl halides is 3. The van der Waals surface area contributed by atoms with E-state index in [2.05, 4.69) is 22.8 Å². The van der Waals surface area contributed by atoms with E-state index < -0.39 is 15.5 Å². The molecule has 0 aromatic heterocycles. The number of piperidine rings is 1. The first-order chi connectivity index (χ1) is 18.5. The highest BCUT2D eigenvalue weighted by atomic mass is 35.5. The molecular formula is C28H26Cl2F3N3O2S. The van der Waals surface area contributed by atoms with E-state index in [1.165, 1.54) is 0 Å². The minimum atomic E-state index is -5.31. The molecule has 5 rings (SSSR count). The molecule has 5 nitrogen and oxygen atoms in total. The third-order valence-corrected chi connectivity index (χ3v) is 9.31. The van der Waals surface area contributed by atoms with E-state index in [0.717, 1.165) is 27.9 Å². The molecule has 0 radical (unpaired) electrons. The molecule has 1 fully saturated rings. The minimum absolute atomic E-state index is 0.0906. The van der Waals surface area contributed by atoms with Gasteiger partial charge in [0.2, 0.25) is 0 Å². The van der Waals surface area contributed by atoms with Crippen LogP contribution in [0.2, 0.25) is 10.0 Å². The molecule has 0 spiro atoms. The first-order valence-electron chi connectivity index (χ1n) is 12.4. The second kappa shape index (κ2) is 11.1. The van der Waals surface area contributed by atoms with Gasteiger partial charge in [0.05, 0.1) is 6.04 Å². The van der Waals surface area contributed by atoms with Crippen LogP contribution in [-0.4, -0.2) is 37.4 Å². The summed E-state index contributed by atoms with van der Waals surface area (Å²) in [6.45, 7) is -0.368. The smallest absolute Gasteiger partial charge is 0.362 e. The fraction of sp³-hybridized carbons (Fsp3) is 0.286. The van der Waals surface area contributed by atoms with Crippen molar-refractivity contribution >= 4 is 38.9 Å². The lowest BCUT2D eigenvalue weighted by molar-refractivity contribution is -0.0495. The summed E-state index contributed by atoms with van der Waals surface area (Å²) in [7, 11) is -5.31. The van der Waals surface area contributed by atoms with Crippen LogP contribution < -0.4 is 10.6 Å². The van der Waals surface area contributed by atoms with Crippen LogP contribution in [0.1, 0.15) is 47.1 Å². The monoisotopic (exact) mass is 595 g/mol. The average Bonchev–Trinajstić information content (AvgIpc) is 2.91. The molecule has 2 heterocycles. The topological polar surface area (TPSA) is 61.4 Å². The van der Waals surface area contributed by atoms with Crippen molar-refractivity contribution in [3.05, 3.63) is 111 Å². The molecule has 11 heteroatoms. The predicted octanol–water partition coefficient (Wildman–Crippen LogP) is 7.06. The zero-order valence-corrected chi connectivity index (χ0v) is 23.0. The number of hydrogen-bond acceptors (Lipinski definition) is 4. The van der Waals surface area contributed by atoms with Crippen LogP contribution in [0.15, 0.2) is 79.0 Å². The van der Waals surface area contributed by atoms with Crippen molar-refractivity contribution in [2.75, 3.05) is 18.4 Å². The summed E-state index contributed by atoms with van der Waals surface area (Å²) in [4.78, 5) is 0. The standard InChI is InChI=1S/C28H26Cl2F3N3O2S/c29-21-6-1-18(2-7-21)27(19-3-8-22(30)9-4-19)20-5-10-25-24(17-20)26(11-14-34-25)35-23-12-15-36(16-13-23)39(37,38)28(31,32)33/h1-11,14,17,23,26-27,34-35H,12-13,15-16H2. The summed E-state index contributed by atoms with van der Waals surface area (Å²) in [6.07, 6.45) is 4.35. The van der Waals surface area contributed by atoms with Crippen LogP contribution in [0.4, 0.5) is 18.9 Å². The second-order valence-electron chi connectivity index (χ2n) is 9.65. The van der Waals surface area contributed by atoms with Crippen LogP contribution in [0.5, 0.6) is 0 Å². The summed E-state index contributed by atoms with van der Waals surface area (Å²) >= 11 is 12.3. The molecule has 0 amide bonds. The van der Waals surface area contributed by atoms with Gasteiger partial charge in [0.1, 0.15) is 0 Å². The number of rotatable bonds is 6. The largest absolute Gasteiger partial charge is 0.511 e. The van der Waals surface area contributed by atoms with Gasteiger partial charge in [-0.25, -0.2) is 8.42 Å². The molecule has 0 aliphatic carbocycles. The first kappa shape index (κ1) is 28.0. The Kier molecular flexibility index (Phi) is 7.99. The van der Waals surface area contributed by atoms with Crippen molar-refractivity contribution < 1.29 is 21.6 Å². The van der Waals surface area contributed by atoms with Crippen LogP contribution in [0.3, 0.4) is 0 Å². The fourth-order valence-electron chi connectivity index (χ4n) is 5.18. The number of nitrogens with zero attached hydrogens (tertiary/aromatic N) is 1. The molecule has 39 heavy (non-hydrogen) atoms. The number of halogens is 5. The Morgan fingerprint density at radius 1 is 0.872 bits per heavy atom. The Balaban J connectivity index is 1.40.